The Hall–Kier alpha value is -1.18. The molecule has 0 radical (unpaired) electrons. The SMILES string of the molecule is COCCNC(=O)CN1CCC(OCC(=O)O)CC1. The first-order valence-electron chi connectivity index (χ1n) is 6.43. The third-order valence-electron chi connectivity index (χ3n) is 2.97. The van der Waals surface area contributed by atoms with Gasteiger partial charge in [0.1, 0.15) is 6.61 Å². The fourth-order valence-corrected chi connectivity index (χ4v) is 1.97. The predicted octanol–water partition coefficient (Wildman–Crippen LogP) is -0.685. The standard InChI is InChI=1S/C12H22N2O5/c1-18-7-4-13-11(15)8-14-5-2-10(3-6-14)19-9-12(16)17/h10H,2-9H2,1H3,(H,13,15)(H,16,17). The summed E-state index contributed by atoms with van der Waals surface area (Å²) in [6.07, 6.45) is 1.51. The van der Waals surface area contributed by atoms with Crippen molar-refractivity contribution in [3.05, 3.63) is 0 Å². The summed E-state index contributed by atoms with van der Waals surface area (Å²) in [7, 11) is 1.59. The van der Waals surface area contributed by atoms with Gasteiger partial charge in [-0.1, -0.05) is 0 Å². The van der Waals surface area contributed by atoms with E-state index in [1.54, 1.807) is 7.11 Å². The zero-order valence-corrected chi connectivity index (χ0v) is 11.3. The lowest BCUT2D eigenvalue weighted by Crippen LogP contribution is -2.43. The summed E-state index contributed by atoms with van der Waals surface area (Å²) in [5, 5.41) is 11.3. The van der Waals surface area contributed by atoms with Gasteiger partial charge in [-0.2, -0.15) is 0 Å². The molecule has 0 aromatic rings. The Kier molecular flexibility index (Phi) is 7.39. The molecule has 1 amide bonds. The van der Waals surface area contributed by atoms with E-state index >= 15 is 0 Å². The van der Waals surface area contributed by atoms with Gasteiger partial charge < -0.3 is 19.9 Å². The fourth-order valence-electron chi connectivity index (χ4n) is 1.97. The first-order valence-corrected chi connectivity index (χ1v) is 6.43. The molecule has 1 heterocycles. The van der Waals surface area contributed by atoms with Crippen molar-refractivity contribution in [3.63, 3.8) is 0 Å². The van der Waals surface area contributed by atoms with Crippen LogP contribution in [-0.2, 0) is 19.1 Å². The Bertz CT molecular complexity index is 290. The molecule has 0 saturated carbocycles. The number of amides is 1. The number of piperidine rings is 1. The summed E-state index contributed by atoms with van der Waals surface area (Å²) < 4.78 is 10.1. The zero-order chi connectivity index (χ0) is 14.1. The topological polar surface area (TPSA) is 88.1 Å². The number of nitrogens with zero attached hydrogens (tertiary/aromatic N) is 1. The Morgan fingerprint density at radius 3 is 2.63 bits per heavy atom. The summed E-state index contributed by atoms with van der Waals surface area (Å²) in [6, 6.07) is 0. The van der Waals surface area contributed by atoms with Gasteiger partial charge in [-0.05, 0) is 12.8 Å². The monoisotopic (exact) mass is 274 g/mol. The van der Waals surface area contributed by atoms with Crippen LogP contribution in [0.25, 0.3) is 0 Å². The highest BCUT2D eigenvalue weighted by Crippen LogP contribution is 2.13. The van der Waals surface area contributed by atoms with E-state index in [9.17, 15) is 9.59 Å². The van der Waals surface area contributed by atoms with Crippen LogP contribution >= 0.6 is 0 Å². The molecule has 1 fully saturated rings. The van der Waals surface area contributed by atoms with Crippen LogP contribution in [0.15, 0.2) is 0 Å². The lowest BCUT2D eigenvalue weighted by Gasteiger charge is -2.31. The second-order valence-electron chi connectivity index (χ2n) is 4.52. The Morgan fingerprint density at radius 1 is 1.37 bits per heavy atom. The molecular formula is C12H22N2O5. The number of methoxy groups -OCH3 is 1. The molecule has 1 aliphatic heterocycles. The van der Waals surface area contributed by atoms with Gasteiger partial charge in [0.2, 0.25) is 5.91 Å². The van der Waals surface area contributed by atoms with E-state index in [0.29, 0.717) is 19.7 Å². The first kappa shape index (κ1) is 15.9. The molecule has 1 aliphatic rings. The molecular weight excluding hydrogens is 252 g/mol. The van der Waals surface area contributed by atoms with E-state index in [1.165, 1.54) is 0 Å². The van der Waals surface area contributed by atoms with Crippen molar-refractivity contribution in [1.29, 1.82) is 0 Å². The van der Waals surface area contributed by atoms with Crippen LogP contribution in [0, 0.1) is 0 Å². The second-order valence-corrected chi connectivity index (χ2v) is 4.52. The van der Waals surface area contributed by atoms with E-state index in [-0.39, 0.29) is 18.6 Å². The van der Waals surface area contributed by atoms with Gasteiger partial charge >= 0.3 is 5.97 Å². The first-order chi connectivity index (χ1) is 9.11. The number of hydrogen-bond acceptors (Lipinski definition) is 5. The Labute approximate surface area is 112 Å². The average molecular weight is 274 g/mol. The highest BCUT2D eigenvalue weighted by Gasteiger charge is 2.21. The lowest BCUT2D eigenvalue weighted by molar-refractivity contribution is -0.145. The summed E-state index contributed by atoms with van der Waals surface area (Å²) >= 11 is 0. The largest absolute Gasteiger partial charge is 0.480 e. The molecule has 19 heavy (non-hydrogen) atoms. The van der Waals surface area contributed by atoms with Crippen molar-refractivity contribution in [3.8, 4) is 0 Å². The van der Waals surface area contributed by atoms with Crippen LogP contribution < -0.4 is 5.32 Å². The van der Waals surface area contributed by atoms with Gasteiger partial charge in [0.15, 0.2) is 0 Å². The minimum Gasteiger partial charge on any atom is -0.480 e. The summed E-state index contributed by atoms with van der Waals surface area (Å²) in [5.74, 6) is -0.957. The predicted molar refractivity (Wildman–Crippen MR) is 67.9 cm³/mol. The van der Waals surface area contributed by atoms with Crippen molar-refractivity contribution in [2.45, 2.75) is 18.9 Å². The number of nitrogens with one attached hydrogen (secondary N) is 1. The minimum absolute atomic E-state index is 0.0103. The van der Waals surface area contributed by atoms with E-state index < -0.39 is 5.97 Å². The molecule has 1 saturated heterocycles. The van der Waals surface area contributed by atoms with Crippen LogP contribution in [-0.4, -0.2) is 74.5 Å². The molecule has 110 valence electrons. The van der Waals surface area contributed by atoms with Crippen LogP contribution in [0.2, 0.25) is 0 Å². The highest BCUT2D eigenvalue weighted by atomic mass is 16.5. The minimum atomic E-state index is -0.944. The number of rotatable bonds is 8. The number of carboxylic acids is 1. The normalized spacial score (nSPS) is 17.3. The van der Waals surface area contributed by atoms with Crippen molar-refractivity contribution >= 4 is 11.9 Å². The number of aliphatic carboxylic acids is 1. The summed E-state index contributed by atoms with van der Waals surface area (Å²) in [6.45, 7) is 2.66. The Balaban J connectivity index is 2.12. The van der Waals surface area contributed by atoms with E-state index in [0.717, 1.165) is 25.9 Å². The Morgan fingerprint density at radius 2 is 2.05 bits per heavy atom. The number of carbonyl (C=O) groups excluding carboxylic acids is 1. The van der Waals surface area contributed by atoms with Crippen LogP contribution in [0.1, 0.15) is 12.8 Å². The number of carboxylic acid groups (broad SMARTS) is 1. The van der Waals surface area contributed by atoms with Gasteiger partial charge in [-0.3, -0.25) is 9.69 Å². The lowest BCUT2D eigenvalue weighted by atomic mass is 10.1. The molecule has 0 atom stereocenters. The highest BCUT2D eigenvalue weighted by molar-refractivity contribution is 5.78. The zero-order valence-electron chi connectivity index (χ0n) is 11.3. The number of ether oxygens (including phenoxy) is 2. The number of likely N-dealkylation sites (tertiary alicyclic amines) is 1. The summed E-state index contributed by atoms with van der Waals surface area (Å²) in [4.78, 5) is 24.0. The number of carbonyl (C=O) groups is 2. The smallest absolute Gasteiger partial charge is 0.329 e. The van der Waals surface area contributed by atoms with Crippen LogP contribution in [0.3, 0.4) is 0 Å². The van der Waals surface area contributed by atoms with Crippen LogP contribution in [0.4, 0.5) is 0 Å². The second kappa shape index (κ2) is 8.84. The molecule has 2 N–H and O–H groups in total. The maximum absolute atomic E-state index is 11.6. The van der Waals surface area contributed by atoms with E-state index in [4.69, 9.17) is 14.6 Å². The molecule has 0 aliphatic carbocycles. The van der Waals surface area contributed by atoms with Gasteiger partial charge in [0.05, 0.1) is 19.3 Å². The van der Waals surface area contributed by atoms with Gasteiger partial charge in [0, 0.05) is 26.7 Å². The van der Waals surface area contributed by atoms with E-state index in [2.05, 4.69) is 5.32 Å². The summed E-state index contributed by atoms with van der Waals surface area (Å²) in [5.41, 5.74) is 0. The third kappa shape index (κ3) is 7.09. The molecule has 1 rings (SSSR count). The molecule has 0 unspecified atom stereocenters. The fraction of sp³-hybridized carbons (Fsp3) is 0.833. The third-order valence-corrected chi connectivity index (χ3v) is 2.97. The van der Waals surface area contributed by atoms with E-state index in [1.807, 2.05) is 4.90 Å². The van der Waals surface area contributed by atoms with Gasteiger partial charge in [-0.15, -0.1) is 0 Å². The molecule has 7 nitrogen and oxygen atoms in total. The van der Waals surface area contributed by atoms with Crippen LogP contribution in [0.5, 0.6) is 0 Å². The van der Waals surface area contributed by atoms with Gasteiger partial charge in [0.25, 0.3) is 0 Å². The van der Waals surface area contributed by atoms with Crippen molar-refractivity contribution in [2.24, 2.45) is 0 Å². The average Bonchev–Trinajstić information content (AvgIpc) is 2.38. The molecule has 0 aromatic carbocycles. The van der Waals surface area contributed by atoms with Crippen molar-refractivity contribution < 1.29 is 24.2 Å². The molecule has 0 bridgehead atoms. The number of hydrogen-bond donors (Lipinski definition) is 2. The maximum Gasteiger partial charge on any atom is 0.329 e. The van der Waals surface area contributed by atoms with Crippen molar-refractivity contribution in [2.75, 3.05) is 46.5 Å². The maximum atomic E-state index is 11.6. The molecule has 0 aromatic heterocycles. The molecule has 7 heteroatoms. The quantitative estimate of drug-likeness (QED) is 0.570. The van der Waals surface area contributed by atoms with Crippen molar-refractivity contribution in [1.82, 2.24) is 10.2 Å². The molecule has 0 spiro atoms. The van der Waals surface area contributed by atoms with Gasteiger partial charge in [-0.25, -0.2) is 4.79 Å².